The van der Waals surface area contributed by atoms with E-state index >= 15 is 0 Å². The Morgan fingerprint density at radius 1 is 1.11 bits per heavy atom. The molecule has 1 heterocycles. The Hall–Kier alpha value is -0.850. The fraction of sp³-hybridized carbons (Fsp3) is 0.706. The molecule has 100 valence electrons. The van der Waals surface area contributed by atoms with E-state index in [0.717, 1.165) is 11.8 Å². The molecule has 0 radical (unpaired) electrons. The minimum absolute atomic E-state index is 0.501. The van der Waals surface area contributed by atoms with Gasteiger partial charge in [0.2, 0.25) is 0 Å². The molecule has 0 N–H and O–H groups in total. The van der Waals surface area contributed by atoms with Crippen LogP contribution in [-0.2, 0) is 6.42 Å². The monoisotopic (exact) mass is 245 g/mol. The first-order valence-corrected chi connectivity index (χ1v) is 7.42. The average Bonchev–Trinajstić information content (AvgIpc) is 2.31. The molecule has 1 aliphatic rings. The second kappa shape index (κ2) is 5.86. The zero-order valence-corrected chi connectivity index (χ0v) is 12.2. The zero-order valence-electron chi connectivity index (χ0n) is 12.2. The molecule has 1 aromatic heterocycles. The molecule has 1 nitrogen and oxygen atoms in total. The zero-order chi connectivity index (χ0) is 13.0. The maximum atomic E-state index is 4.21. The van der Waals surface area contributed by atoms with Crippen molar-refractivity contribution in [2.75, 3.05) is 0 Å². The number of rotatable bonds is 3. The summed E-state index contributed by atoms with van der Waals surface area (Å²) in [5.41, 5.74) is 1.91. The molecule has 0 saturated heterocycles. The van der Waals surface area contributed by atoms with Crippen molar-refractivity contribution in [1.29, 1.82) is 0 Å². The van der Waals surface area contributed by atoms with Crippen LogP contribution in [0.5, 0.6) is 0 Å². The second-order valence-electron chi connectivity index (χ2n) is 7.22. The van der Waals surface area contributed by atoms with E-state index in [-0.39, 0.29) is 0 Å². The van der Waals surface area contributed by atoms with Crippen molar-refractivity contribution in [1.82, 2.24) is 4.98 Å². The third-order valence-electron chi connectivity index (χ3n) is 4.11. The molecule has 0 atom stereocenters. The summed E-state index contributed by atoms with van der Waals surface area (Å²) in [5.74, 6) is 1.86. The lowest BCUT2D eigenvalue weighted by Gasteiger charge is -2.32. The Morgan fingerprint density at radius 3 is 2.33 bits per heavy atom. The van der Waals surface area contributed by atoms with Crippen molar-refractivity contribution < 1.29 is 0 Å². The highest BCUT2D eigenvalue weighted by atomic mass is 14.6. The van der Waals surface area contributed by atoms with Gasteiger partial charge in [0.1, 0.15) is 0 Å². The number of hydrogen-bond acceptors (Lipinski definition) is 1. The van der Waals surface area contributed by atoms with Crippen molar-refractivity contribution in [3.63, 3.8) is 0 Å². The summed E-state index contributed by atoms with van der Waals surface area (Å²) in [4.78, 5) is 4.21. The topological polar surface area (TPSA) is 12.9 Å². The maximum Gasteiger partial charge on any atom is 0.0299 e. The normalized spacial score (nSPS) is 25.1. The first-order valence-electron chi connectivity index (χ1n) is 7.42. The highest BCUT2D eigenvalue weighted by molar-refractivity contribution is 5.09. The lowest BCUT2D eigenvalue weighted by Crippen LogP contribution is -2.20. The van der Waals surface area contributed by atoms with Gasteiger partial charge in [-0.2, -0.15) is 0 Å². The van der Waals surface area contributed by atoms with Crippen molar-refractivity contribution in [3.05, 3.63) is 30.1 Å². The smallest absolute Gasteiger partial charge is 0.0299 e. The van der Waals surface area contributed by atoms with Gasteiger partial charge in [-0.15, -0.1) is 0 Å². The predicted molar refractivity (Wildman–Crippen MR) is 77.5 cm³/mol. The highest BCUT2D eigenvalue weighted by Crippen LogP contribution is 2.37. The van der Waals surface area contributed by atoms with Crippen LogP contribution in [0.15, 0.2) is 24.5 Å². The minimum atomic E-state index is 0.501. The number of aromatic nitrogens is 1. The van der Waals surface area contributed by atoms with Gasteiger partial charge >= 0.3 is 0 Å². The molecule has 1 saturated carbocycles. The summed E-state index contributed by atoms with van der Waals surface area (Å²) in [6, 6.07) is 4.27. The standard InChI is InChI=1S/C17H27N/c1-17(2,3)12-15-8-6-14(7-9-15)11-16-5-4-10-18-13-16/h4-5,10,13-15H,6-9,11-12H2,1-3H3. The SMILES string of the molecule is CC(C)(C)CC1CCC(Cc2cccnc2)CC1. The van der Waals surface area contributed by atoms with E-state index in [2.05, 4.69) is 37.9 Å². The van der Waals surface area contributed by atoms with Crippen molar-refractivity contribution >= 4 is 0 Å². The largest absolute Gasteiger partial charge is 0.264 e. The van der Waals surface area contributed by atoms with E-state index in [1.165, 1.54) is 44.1 Å². The lowest BCUT2D eigenvalue weighted by atomic mass is 9.73. The van der Waals surface area contributed by atoms with Crippen LogP contribution in [0.2, 0.25) is 0 Å². The van der Waals surface area contributed by atoms with Gasteiger partial charge in [-0.05, 0) is 54.6 Å². The molecule has 0 aliphatic heterocycles. The Labute approximate surface area is 112 Å². The summed E-state index contributed by atoms with van der Waals surface area (Å²) < 4.78 is 0. The summed E-state index contributed by atoms with van der Waals surface area (Å²) in [5, 5.41) is 0. The van der Waals surface area contributed by atoms with Gasteiger partial charge < -0.3 is 0 Å². The molecule has 1 aliphatic carbocycles. The maximum absolute atomic E-state index is 4.21. The van der Waals surface area contributed by atoms with Crippen LogP contribution >= 0.6 is 0 Å². The second-order valence-corrected chi connectivity index (χ2v) is 7.22. The van der Waals surface area contributed by atoms with Crippen LogP contribution in [0.25, 0.3) is 0 Å². The first-order chi connectivity index (χ1) is 8.53. The Morgan fingerprint density at radius 2 is 1.78 bits per heavy atom. The average molecular weight is 245 g/mol. The molecular weight excluding hydrogens is 218 g/mol. The van der Waals surface area contributed by atoms with Gasteiger partial charge in [-0.1, -0.05) is 39.7 Å². The quantitative estimate of drug-likeness (QED) is 0.740. The summed E-state index contributed by atoms with van der Waals surface area (Å²) >= 11 is 0. The number of pyridine rings is 1. The summed E-state index contributed by atoms with van der Waals surface area (Å²) in [7, 11) is 0. The third-order valence-corrected chi connectivity index (χ3v) is 4.11. The van der Waals surface area contributed by atoms with Gasteiger partial charge in [-0.25, -0.2) is 0 Å². The fourth-order valence-corrected chi connectivity index (χ4v) is 3.36. The molecule has 0 bridgehead atoms. The van der Waals surface area contributed by atoms with E-state index in [1.807, 2.05) is 12.4 Å². The van der Waals surface area contributed by atoms with Gasteiger partial charge in [0.25, 0.3) is 0 Å². The minimum Gasteiger partial charge on any atom is -0.264 e. The van der Waals surface area contributed by atoms with E-state index in [9.17, 15) is 0 Å². The van der Waals surface area contributed by atoms with E-state index < -0.39 is 0 Å². The van der Waals surface area contributed by atoms with Crippen LogP contribution in [0, 0.1) is 17.3 Å². The van der Waals surface area contributed by atoms with Crippen molar-refractivity contribution in [2.24, 2.45) is 17.3 Å². The summed E-state index contributed by atoms with van der Waals surface area (Å²) in [6.45, 7) is 7.11. The molecule has 0 spiro atoms. The molecule has 18 heavy (non-hydrogen) atoms. The van der Waals surface area contributed by atoms with Gasteiger partial charge in [0.05, 0.1) is 0 Å². The Bertz CT molecular complexity index is 342. The molecule has 0 unspecified atom stereocenters. The Kier molecular flexibility index (Phi) is 4.42. The van der Waals surface area contributed by atoms with Crippen LogP contribution < -0.4 is 0 Å². The van der Waals surface area contributed by atoms with Crippen molar-refractivity contribution in [3.8, 4) is 0 Å². The molecule has 0 amide bonds. The van der Waals surface area contributed by atoms with E-state index in [1.54, 1.807) is 0 Å². The Balaban J connectivity index is 1.77. The number of nitrogens with zero attached hydrogens (tertiary/aromatic N) is 1. The number of hydrogen-bond donors (Lipinski definition) is 0. The van der Waals surface area contributed by atoms with Crippen LogP contribution in [0.1, 0.15) is 58.4 Å². The van der Waals surface area contributed by atoms with Crippen LogP contribution in [0.3, 0.4) is 0 Å². The van der Waals surface area contributed by atoms with Gasteiger partial charge in [0.15, 0.2) is 0 Å². The van der Waals surface area contributed by atoms with Crippen LogP contribution in [-0.4, -0.2) is 4.98 Å². The fourth-order valence-electron chi connectivity index (χ4n) is 3.36. The lowest BCUT2D eigenvalue weighted by molar-refractivity contribution is 0.204. The molecule has 1 fully saturated rings. The van der Waals surface area contributed by atoms with Gasteiger partial charge in [-0.3, -0.25) is 4.98 Å². The van der Waals surface area contributed by atoms with Gasteiger partial charge in [0, 0.05) is 12.4 Å². The van der Waals surface area contributed by atoms with Crippen LogP contribution in [0.4, 0.5) is 0 Å². The van der Waals surface area contributed by atoms with Crippen molar-refractivity contribution in [2.45, 2.75) is 59.3 Å². The molecule has 1 heteroatoms. The molecule has 1 aromatic rings. The molecule has 2 rings (SSSR count). The molecule has 0 aromatic carbocycles. The van der Waals surface area contributed by atoms with E-state index in [4.69, 9.17) is 0 Å². The predicted octanol–water partition coefficient (Wildman–Crippen LogP) is 4.87. The van der Waals surface area contributed by atoms with E-state index in [0.29, 0.717) is 5.41 Å². The third kappa shape index (κ3) is 4.44. The summed E-state index contributed by atoms with van der Waals surface area (Å²) in [6.07, 6.45) is 12.2. The first kappa shape index (κ1) is 13.6. The highest BCUT2D eigenvalue weighted by Gasteiger charge is 2.25. The molecular formula is C17H27N.